The van der Waals surface area contributed by atoms with E-state index in [4.69, 9.17) is 0 Å². The molecule has 1 atom stereocenters. The molecule has 202 valence electrons. The predicted molar refractivity (Wildman–Crippen MR) is 128 cm³/mol. The van der Waals surface area contributed by atoms with Crippen LogP contribution in [0, 0.1) is 0 Å². The van der Waals surface area contributed by atoms with Crippen LogP contribution in [0.1, 0.15) is 62.1 Å². The maximum Gasteiger partial charge on any atom is 0.573 e. The Balaban J connectivity index is 2.15. The van der Waals surface area contributed by atoms with Gasteiger partial charge in [-0.1, -0.05) is 62.7 Å². The molecule has 1 aliphatic carbocycles. The number of hydrogen-bond donors (Lipinski definition) is 2. The molecule has 1 saturated carbocycles. The molecule has 10 heteroatoms. The van der Waals surface area contributed by atoms with E-state index in [1.807, 2.05) is 0 Å². The van der Waals surface area contributed by atoms with Crippen LogP contribution in [0.25, 0.3) is 0 Å². The van der Waals surface area contributed by atoms with Crippen LogP contribution in [-0.4, -0.2) is 24.4 Å². The fraction of sp³-hybridized carbons (Fsp3) is 0.444. The minimum atomic E-state index is -4.95. The van der Waals surface area contributed by atoms with Crippen LogP contribution in [0.15, 0.2) is 60.9 Å². The smallest absolute Gasteiger partial charge is 0.406 e. The highest BCUT2D eigenvalue weighted by atomic mass is 19.4. The number of carbonyl (C=O) groups excluding carboxylic acids is 1. The number of ether oxygens (including phenoxy) is 1. The molecule has 0 bridgehead atoms. The van der Waals surface area contributed by atoms with Crippen LogP contribution in [0.5, 0.6) is 5.75 Å². The SMILES string of the molecule is C=C(NC1CCCC1)NC(CC(=O)CC)(c1cccc(CC(F)(F)F)c1)c1cccc(OC(F)(F)F)c1. The van der Waals surface area contributed by atoms with Crippen molar-refractivity contribution in [3.63, 3.8) is 0 Å². The van der Waals surface area contributed by atoms with E-state index in [0.717, 1.165) is 37.8 Å². The molecule has 0 heterocycles. The van der Waals surface area contributed by atoms with Gasteiger partial charge in [-0.15, -0.1) is 13.2 Å². The van der Waals surface area contributed by atoms with Crippen molar-refractivity contribution in [2.24, 2.45) is 0 Å². The van der Waals surface area contributed by atoms with E-state index < -0.39 is 30.2 Å². The van der Waals surface area contributed by atoms with Crippen molar-refractivity contribution in [1.82, 2.24) is 10.6 Å². The van der Waals surface area contributed by atoms with Gasteiger partial charge in [0, 0.05) is 18.9 Å². The van der Waals surface area contributed by atoms with Gasteiger partial charge in [0.2, 0.25) is 0 Å². The van der Waals surface area contributed by atoms with Crippen molar-refractivity contribution in [1.29, 1.82) is 0 Å². The van der Waals surface area contributed by atoms with E-state index in [1.165, 1.54) is 30.3 Å². The molecule has 1 unspecified atom stereocenters. The average molecular weight is 529 g/mol. The van der Waals surface area contributed by atoms with Crippen molar-refractivity contribution in [2.45, 2.75) is 76.0 Å². The third-order valence-electron chi connectivity index (χ3n) is 6.34. The first-order valence-electron chi connectivity index (χ1n) is 12.1. The normalized spacial score (nSPS) is 16.2. The summed E-state index contributed by atoms with van der Waals surface area (Å²) in [6.45, 7) is 5.67. The highest BCUT2D eigenvalue weighted by Gasteiger charge is 2.39. The molecule has 1 fully saturated rings. The molecular weight excluding hydrogens is 498 g/mol. The molecule has 0 radical (unpaired) electrons. The van der Waals surface area contributed by atoms with Gasteiger partial charge in [0.05, 0.1) is 17.8 Å². The van der Waals surface area contributed by atoms with Gasteiger partial charge >= 0.3 is 12.5 Å². The minimum Gasteiger partial charge on any atom is -0.406 e. The number of carbonyl (C=O) groups is 1. The molecule has 0 amide bonds. The second-order valence-corrected chi connectivity index (χ2v) is 9.27. The highest BCUT2D eigenvalue weighted by Crippen LogP contribution is 2.38. The Hall–Kier alpha value is -3.17. The number of rotatable bonds is 11. The number of ketones is 1. The number of nitrogens with one attached hydrogen (secondary N) is 2. The van der Waals surface area contributed by atoms with Crippen LogP contribution in [0.3, 0.4) is 0 Å². The molecule has 4 nitrogen and oxygen atoms in total. The lowest BCUT2D eigenvalue weighted by atomic mass is 9.77. The number of alkyl halides is 6. The summed E-state index contributed by atoms with van der Waals surface area (Å²) in [6, 6.07) is 10.9. The van der Waals surface area contributed by atoms with E-state index >= 15 is 0 Å². The zero-order chi connectivity index (χ0) is 27.3. The van der Waals surface area contributed by atoms with Crippen LogP contribution in [0.2, 0.25) is 0 Å². The maximum absolute atomic E-state index is 13.2. The summed E-state index contributed by atoms with van der Waals surface area (Å²) < 4.78 is 82.6. The van der Waals surface area contributed by atoms with Gasteiger partial charge < -0.3 is 15.4 Å². The van der Waals surface area contributed by atoms with Crippen LogP contribution < -0.4 is 15.4 Å². The van der Waals surface area contributed by atoms with E-state index in [1.54, 1.807) is 13.0 Å². The lowest BCUT2D eigenvalue weighted by molar-refractivity contribution is -0.274. The minimum absolute atomic E-state index is 0.0443. The Kier molecular flexibility index (Phi) is 8.81. The number of benzene rings is 2. The Morgan fingerprint density at radius 2 is 1.62 bits per heavy atom. The van der Waals surface area contributed by atoms with Gasteiger partial charge in [0.25, 0.3) is 0 Å². The molecule has 0 aromatic heterocycles. The number of hydrogen-bond acceptors (Lipinski definition) is 4. The van der Waals surface area contributed by atoms with E-state index in [2.05, 4.69) is 21.9 Å². The second kappa shape index (κ2) is 11.5. The molecule has 37 heavy (non-hydrogen) atoms. The lowest BCUT2D eigenvalue weighted by Crippen LogP contribution is -2.48. The third kappa shape index (κ3) is 8.16. The van der Waals surface area contributed by atoms with Crippen molar-refractivity contribution >= 4 is 5.78 Å². The molecular formula is C27H30F6N2O2. The summed E-state index contributed by atoms with van der Waals surface area (Å²) in [6.07, 6.45) is -6.88. The van der Waals surface area contributed by atoms with Gasteiger partial charge in [0.15, 0.2) is 0 Å². The van der Waals surface area contributed by atoms with Crippen LogP contribution in [0.4, 0.5) is 26.3 Å². The van der Waals surface area contributed by atoms with Gasteiger partial charge in [0.1, 0.15) is 11.5 Å². The van der Waals surface area contributed by atoms with Crippen molar-refractivity contribution in [2.75, 3.05) is 0 Å². The zero-order valence-electron chi connectivity index (χ0n) is 20.4. The van der Waals surface area contributed by atoms with Gasteiger partial charge in [-0.2, -0.15) is 13.2 Å². The molecule has 0 spiro atoms. The molecule has 2 N–H and O–H groups in total. The molecule has 1 aliphatic rings. The van der Waals surface area contributed by atoms with Crippen molar-refractivity contribution < 1.29 is 35.9 Å². The fourth-order valence-corrected chi connectivity index (χ4v) is 4.73. The summed E-state index contributed by atoms with van der Waals surface area (Å²) in [5.74, 6) is -0.440. The summed E-state index contributed by atoms with van der Waals surface area (Å²) in [5, 5.41) is 6.45. The van der Waals surface area contributed by atoms with E-state index in [9.17, 15) is 31.1 Å². The Labute approximate surface area is 212 Å². The first-order valence-corrected chi connectivity index (χ1v) is 12.1. The third-order valence-corrected chi connectivity index (χ3v) is 6.34. The van der Waals surface area contributed by atoms with Gasteiger partial charge in [-0.3, -0.25) is 4.79 Å². The summed E-state index contributed by atoms with van der Waals surface area (Å²) in [7, 11) is 0. The topological polar surface area (TPSA) is 50.4 Å². The lowest BCUT2D eigenvalue weighted by Gasteiger charge is -2.38. The molecule has 2 aromatic carbocycles. The van der Waals surface area contributed by atoms with Crippen molar-refractivity contribution in [3.05, 3.63) is 77.6 Å². The van der Waals surface area contributed by atoms with Crippen molar-refractivity contribution in [3.8, 4) is 5.75 Å². The second-order valence-electron chi connectivity index (χ2n) is 9.27. The van der Waals surface area contributed by atoms with Crippen LogP contribution >= 0.6 is 0 Å². The highest BCUT2D eigenvalue weighted by molar-refractivity contribution is 5.80. The van der Waals surface area contributed by atoms with Crippen LogP contribution in [-0.2, 0) is 16.8 Å². The summed E-state index contributed by atoms with van der Waals surface area (Å²) in [5.41, 5.74) is -1.05. The largest absolute Gasteiger partial charge is 0.573 e. The monoisotopic (exact) mass is 528 g/mol. The molecule has 0 aliphatic heterocycles. The van der Waals surface area contributed by atoms with E-state index in [0.29, 0.717) is 5.82 Å². The predicted octanol–water partition coefficient (Wildman–Crippen LogP) is 6.90. The first-order chi connectivity index (χ1) is 17.3. The Bertz CT molecular complexity index is 1030. The molecule has 3 rings (SSSR count). The standard InChI is InChI=1S/C27H30F6N2O2/c1-3-23(36)17-25(35-18(2)34-22-11-4-5-12-22,20-9-6-8-19(14-20)16-26(28,29)30)21-10-7-13-24(15-21)37-27(31,32)33/h6-10,13-15,22,34-35H,2-5,11-12,16-17H2,1H3. The first kappa shape index (κ1) is 28.4. The maximum atomic E-state index is 13.2. The zero-order valence-corrected chi connectivity index (χ0v) is 20.4. The van der Waals surface area contributed by atoms with E-state index in [-0.39, 0.29) is 41.4 Å². The summed E-state index contributed by atoms with van der Waals surface area (Å²) >= 11 is 0. The fourth-order valence-electron chi connectivity index (χ4n) is 4.73. The number of halogens is 6. The quantitative estimate of drug-likeness (QED) is 0.312. The van der Waals surface area contributed by atoms with Gasteiger partial charge in [-0.05, 0) is 41.7 Å². The Morgan fingerprint density at radius 1 is 1.00 bits per heavy atom. The average Bonchev–Trinajstić information content (AvgIpc) is 3.29. The summed E-state index contributed by atoms with van der Waals surface area (Å²) in [4.78, 5) is 12.8. The van der Waals surface area contributed by atoms with Gasteiger partial charge in [-0.25, -0.2) is 0 Å². The molecule has 0 saturated heterocycles. The molecule has 2 aromatic rings. The Morgan fingerprint density at radius 3 is 2.22 bits per heavy atom. The number of Topliss-reactive ketones (excluding diaryl/α,β-unsaturated/α-hetero) is 1.